The number of benzene rings is 7. The van der Waals surface area contributed by atoms with Crippen LogP contribution in [0.3, 0.4) is 0 Å². The smallest absolute Gasteiger partial charge is 0.0352 e. The third kappa shape index (κ3) is 4.27. The summed E-state index contributed by atoms with van der Waals surface area (Å²) in [6, 6.07) is 46.3. The zero-order valence-corrected chi connectivity index (χ0v) is 30.3. The zero-order chi connectivity index (χ0) is 34.6. The fraction of sp³-hybridized carbons (Fsp3) is 0.137. The van der Waals surface area contributed by atoms with E-state index in [2.05, 4.69) is 172 Å². The van der Waals surface area contributed by atoms with Gasteiger partial charge in [-0.05, 0) is 142 Å². The number of thiophene rings is 1. The molecule has 0 aliphatic heterocycles. The summed E-state index contributed by atoms with van der Waals surface area (Å²) in [5.41, 5.74) is 12.3. The highest BCUT2D eigenvalue weighted by atomic mass is 32.1. The fourth-order valence-electron chi connectivity index (χ4n) is 9.97. The van der Waals surface area contributed by atoms with Crippen molar-refractivity contribution in [3.05, 3.63) is 173 Å². The van der Waals surface area contributed by atoms with E-state index in [9.17, 15) is 0 Å². The van der Waals surface area contributed by atoms with Gasteiger partial charge in [0.1, 0.15) is 0 Å². The molecule has 1 heterocycles. The Morgan fingerprint density at radius 3 is 2.08 bits per heavy atom. The lowest BCUT2D eigenvalue weighted by Gasteiger charge is -2.29. The van der Waals surface area contributed by atoms with Gasteiger partial charge in [-0.15, -0.1) is 11.3 Å². The van der Waals surface area contributed by atoms with Crippen LogP contribution in [-0.4, -0.2) is 0 Å². The molecule has 0 spiro atoms. The minimum Gasteiger partial charge on any atom is -0.136 e. The van der Waals surface area contributed by atoms with Gasteiger partial charge >= 0.3 is 0 Å². The maximum absolute atomic E-state index is 2.59. The Morgan fingerprint density at radius 1 is 0.577 bits per heavy atom. The molecule has 7 aromatic carbocycles. The van der Waals surface area contributed by atoms with E-state index >= 15 is 0 Å². The Kier molecular flexibility index (Phi) is 6.52. The molecule has 0 saturated heterocycles. The van der Waals surface area contributed by atoms with Crippen molar-refractivity contribution in [1.29, 1.82) is 0 Å². The lowest BCUT2D eigenvalue weighted by molar-refractivity contribution is 0.394. The van der Waals surface area contributed by atoms with Gasteiger partial charge in [-0.1, -0.05) is 141 Å². The summed E-state index contributed by atoms with van der Waals surface area (Å²) in [5, 5.41) is 9.35. The molecule has 1 aromatic heterocycles. The molecule has 2 unspecified atom stereocenters. The van der Waals surface area contributed by atoms with E-state index < -0.39 is 0 Å². The minimum absolute atomic E-state index is 0.00502. The summed E-state index contributed by atoms with van der Waals surface area (Å²) < 4.78 is 1.39. The molecule has 0 bridgehead atoms. The quantitative estimate of drug-likeness (QED) is 0.163. The first kappa shape index (κ1) is 30.2. The molecule has 2 atom stereocenters. The first-order valence-corrected chi connectivity index (χ1v) is 19.6. The van der Waals surface area contributed by atoms with Crippen LogP contribution in [0.15, 0.2) is 152 Å². The molecule has 3 aliphatic rings. The van der Waals surface area contributed by atoms with E-state index in [1.807, 2.05) is 11.3 Å². The van der Waals surface area contributed by atoms with E-state index in [0.717, 1.165) is 12.8 Å². The van der Waals surface area contributed by atoms with Crippen molar-refractivity contribution in [2.24, 2.45) is 5.92 Å². The number of allylic oxidation sites excluding steroid dienone is 5. The van der Waals surface area contributed by atoms with E-state index in [1.54, 1.807) is 0 Å². The van der Waals surface area contributed by atoms with Crippen LogP contribution in [0, 0.1) is 5.92 Å². The van der Waals surface area contributed by atoms with E-state index in [4.69, 9.17) is 0 Å². The molecule has 11 rings (SSSR count). The van der Waals surface area contributed by atoms with E-state index in [1.165, 1.54) is 97.4 Å². The summed E-state index contributed by atoms with van der Waals surface area (Å²) in [4.78, 5) is 1.43. The molecular weight excluding hydrogens is 645 g/mol. The van der Waals surface area contributed by atoms with Crippen molar-refractivity contribution in [2.45, 2.75) is 38.0 Å². The van der Waals surface area contributed by atoms with Gasteiger partial charge in [-0.3, -0.25) is 0 Å². The van der Waals surface area contributed by atoms with Crippen LogP contribution >= 0.6 is 11.3 Å². The summed E-state index contributed by atoms with van der Waals surface area (Å²) in [7, 11) is 0. The highest BCUT2D eigenvalue weighted by molar-refractivity contribution is 7.20. The van der Waals surface area contributed by atoms with Crippen LogP contribution in [0.1, 0.15) is 47.8 Å². The Labute approximate surface area is 309 Å². The van der Waals surface area contributed by atoms with Gasteiger partial charge in [0.05, 0.1) is 0 Å². The SMILES string of the molecule is CC1(C)c2cc(-c3c4ccccc4c(-c4ccccc4)c4ccc(-c5ccc6sc7c(c6c5)CCC=C7)cc34)c3ccccc3c2C2C=CC=CC21. The molecule has 0 saturated carbocycles. The molecule has 52 heavy (non-hydrogen) atoms. The summed E-state index contributed by atoms with van der Waals surface area (Å²) in [6.45, 7) is 4.92. The predicted molar refractivity (Wildman–Crippen MR) is 226 cm³/mol. The molecule has 0 fully saturated rings. The average molecular weight is 683 g/mol. The maximum Gasteiger partial charge on any atom is 0.0352 e. The molecule has 0 radical (unpaired) electrons. The lowest BCUT2D eigenvalue weighted by atomic mass is 9.74. The number of hydrogen-bond donors (Lipinski definition) is 0. The van der Waals surface area contributed by atoms with Gasteiger partial charge in [0, 0.05) is 15.5 Å². The molecule has 0 amide bonds. The van der Waals surface area contributed by atoms with Crippen LogP contribution in [0.4, 0.5) is 0 Å². The molecule has 0 nitrogen and oxygen atoms in total. The van der Waals surface area contributed by atoms with Crippen LogP contribution < -0.4 is 0 Å². The Morgan fingerprint density at radius 2 is 1.25 bits per heavy atom. The first-order chi connectivity index (χ1) is 25.6. The first-order valence-electron chi connectivity index (χ1n) is 18.7. The predicted octanol–water partition coefficient (Wildman–Crippen LogP) is 14.4. The van der Waals surface area contributed by atoms with Crippen molar-refractivity contribution in [3.8, 4) is 33.4 Å². The van der Waals surface area contributed by atoms with Crippen molar-refractivity contribution >= 4 is 59.8 Å². The van der Waals surface area contributed by atoms with Crippen molar-refractivity contribution in [3.63, 3.8) is 0 Å². The van der Waals surface area contributed by atoms with Crippen LogP contribution in [0.25, 0.3) is 81.9 Å². The average Bonchev–Trinajstić information content (AvgIpc) is 3.68. The van der Waals surface area contributed by atoms with Gasteiger partial charge in [0.15, 0.2) is 0 Å². The highest BCUT2D eigenvalue weighted by Crippen LogP contribution is 2.57. The number of hydrogen-bond acceptors (Lipinski definition) is 1. The van der Waals surface area contributed by atoms with Gasteiger partial charge < -0.3 is 0 Å². The zero-order valence-electron chi connectivity index (χ0n) is 29.5. The molecule has 0 N–H and O–H groups in total. The molecule has 1 heteroatoms. The third-order valence-corrected chi connectivity index (χ3v) is 13.6. The van der Waals surface area contributed by atoms with E-state index in [-0.39, 0.29) is 5.41 Å². The monoisotopic (exact) mass is 682 g/mol. The van der Waals surface area contributed by atoms with Crippen LogP contribution in [0.5, 0.6) is 0 Å². The fourth-order valence-corrected chi connectivity index (χ4v) is 11.1. The van der Waals surface area contributed by atoms with Gasteiger partial charge in [-0.2, -0.15) is 0 Å². The second kappa shape index (κ2) is 11.2. The van der Waals surface area contributed by atoms with Gasteiger partial charge in [-0.25, -0.2) is 0 Å². The summed E-state index contributed by atoms with van der Waals surface area (Å²) in [6.07, 6.45) is 16.3. The topological polar surface area (TPSA) is 0 Å². The molecule has 8 aromatic rings. The summed E-state index contributed by atoms with van der Waals surface area (Å²) in [5.74, 6) is 0.836. The molecule has 248 valence electrons. The second-order valence-electron chi connectivity index (χ2n) is 15.5. The van der Waals surface area contributed by atoms with Gasteiger partial charge in [0.2, 0.25) is 0 Å². The lowest BCUT2D eigenvalue weighted by Crippen LogP contribution is -2.24. The van der Waals surface area contributed by atoms with Crippen molar-refractivity contribution in [1.82, 2.24) is 0 Å². The van der Waals surface area contributed by atoms with E-state index in [0.29, 0.717) is 11.8 Å². The van der Waals surface area contributed by atoms with Crippen molar-refractivity contribution < 1.29 is 0 Å². The Hall–Kier alpha value is -5.50. The number of rotatable bonds is 3. The third-order valence-electron chi connectivity index (χ3n) is 12.4. The standard InChI is InChI=1S/C51H38S/c1-51(2)44-22-12-10-21-40(44)50-36-18-7-6-16-34(36)43(30-45(50)51)49-38-20-9-8-19-37(38)48(31-14-4-3-5-15-31)39-26-24-32(29-42(39)49)33-25-27-47-41(28-33)35-17-11-13-23-46(35)52-47/h3-10,12-16,18-30,40,44H,11,17H2,1-2H3. The van der Waals surface area contributed by atoms with Gasteiger partial charge in [0.25, 0.3) is 0 Å². The Balaban J connectivity index is 1.26. The highest BCUT2D eigenvalue weighted by Gasteiger charge is 2.45. The Bertz CT molecular complexity index is 2870. The summed E-state index contributed by atoms with van der Waals surface area (Å²) >= 11 is 1.93. The maximum atomic E-state index is 2.59. The minimum atomic E-state index is 0.00502. The number of aryl methyl sites for hydroxylation is 1. The molecular formula is C51H38S. The second-order valence-corrected chi connectivity index (χ2v) is 16.6. The number of fused-ring (bicyclic) bond motifs is 10. The van der Waals surface area contributed by atoms with Crippen molar-refractivity contribution in [2.75, 3.05) is 0 Å². The largest absolute Gasteiger partial charge is 0.136 e. The van der Waals surface area contributed by atoms with Crippen LogP contribution in [0.2, 0.25) is 0 Å². The van der Waals surface area contributed by atoms with Crippen LogP contribution in [-0.2, 0) is 11.8 Å². The molecule has 3 aliphatic carbocycles. The normalized spacial score (nSPS) is 18.3.